The Balaban J connectivity index is 1.94. The third-order valence-corrected chi connectivity index (χ3v) is 4.92. The second-order valence-electron chi connectivity index (χ2n) is 6.15. The van der Waals surface area contributed by atoms with Crippen molar-refractivity contribution in [2.45, 2.75) is 25.3 Å². The SMILES string of the molecule is COc1ccccc1C1=NN(C(=O)CCC(=O)O)[C@H](c2ccc(Br)cc2)C1. The van der Waals surface area contributed by atoms with Gasteiger partial charge in [0, 0.05) is 22.9 Å². The van der Waals surface area contributed by atoms with Gasteiger partial charge in [0.25, 0.3) is 0 Å². The molecule has 0 radical (unpaired) electrons. The number of rotatable bonds is 6. The Hall–Kier alpha value is -2.67. The molecule has 0 saturated carbocycles. The van der Waals surface area contributed by atoms with Crippen molar-refractivity contribution in [3.8, 4) is 5.75 Å². The van der Waals surface area contributed by atoms with Crippen LogP contribution in [-0.2, 0) is 9.59 Å². The Kier molecular flexibility index (Phi) is 5.91. The molecular weight excluding hydrogens is 412 g/mol. The van der Waals surface area contributed by atoms with Crippen LogP contribution in [0.4, 0.5) is 0 Å². The van der Waals surface area contributed by atoms with Gasteiger partial charge < -0.3 is 9.84 Å². The number of hydrogen-bond acceptors (Lipinski definition) is 4. The molecule has 1 N–H and O–H groups in total. The van der Waals surface area contributed by atoms with Gasteiger partial charge in [-0.2, -0.15) is 5.10 Å². The normalized spacial score (nSPS) is 16.1. The number of carbonyl (C=O) groups is 2. The number of aliphatic carboxylic acids is 1. The van der Waals surface area contributed by atoms with Crippen LogP contribution in [0.1, 0.15) is 36.4 Å². The van der Waals surface area contributed by atoms with E-state index in [1.807, 2.05) is 48.5 Å². The zero-order valence-corrected chi connectivity index (χ0v) is 16.3. The topological polar surface area (TPSA) is 79.2 Å². The number of carbonyl (C=O) groups excluding carboxylic acids is 1. The first kappa shape index (κ1) is 19.1. The summed E-state index contributed by atoms with van der Waals surface area (Å²) in [5, 5.41) is 14.8. The van der Waals surface area contributed by atoms with E-state index in [-0.39, 0.29) is 24.8 Å². The van der Waals surface area contributed by atoms with Crippen LogP contribution in [-0.4, -0.2) is 34.8 Å². The molecule has 0 saturated heterocycles. The van der Waals surface area contributed by atoms with Gasteiger partial charge in [-0.05, 0) is 29.8 Å². The maximum absolute atomic E-state index is 12.6. The lowest BCUT2D eigenvalue weighted by molar-refractivity contribution is -0.141. The number of halogens is 1. The largest absolute Gasteiger partial charge is 0.496 e. The van der Waals surface area contributed by atoms with Gasteiger partial charge in [0.05, 0.1) is 25.3 Å². The third kappa shape index (κ3) is 4.36. The number of benzene rings is 2. The number of hydrazone groups is 1. The molecule has 0 spiro atoms. The number of hydrogen-bond donors (Lipinski definition) is 1. The highest BCUT2D eigenvalue weighted by Gasteiger charge is 2.33. The van der Waals surface area contributed by atoms with Crippen LogP contribution in [0, 0.1) is 0 Å². The van der Waals surface area contributed by atoms with E-state index in [9.17, 15) is 9.59 Å². The Labute approximate surface area is 165 Å². The molecule has 3 rings (SSSR count). The number of carboxylic acids is 1. The average Bonchev–Trinajstić information content (AvgIpc) is 3.12. The summed E-state index contributed by atoms with van der Waals surface area (Å²) in [7, 11) is 1.59. The number of methoxy groups -OCH3 is 1. The van der Waals surface area contributed by atoms with E-state index < -0.39 is 5.97 Å². The summed E-state index contributed by atoms with van der Waals surface area (Å²) in [6.07, 6.45) is 0.216. The molecule has 2 aromatic rings. The maximum atomic E-state index is 12.6. The predicted molar refractivity (Wildman–Crippen MR) is 105 cm³/mol. The van der Waals surface area contributed by atoms with Gasteiger partial charge in [-0.3, -0.25) is 9.59 Å². The van der Waals surface area contributed by atoms with Crippen LogP contribution >= 0.6 is 15.9 Å². The van der Waals surface area contributed by atoms with E-state index in [0.29, 0.717) is 12.2 Å². The van der Waals surface area contributed by atoms with E-state index in [1.54, 1.807) is 7.11 Å². The summed E-state index contributed by atoms with van der Waals surface area (Å²) in [6, 6.07) is 14.9. The Bertz CT molecular complexity index is 880. The second-order valence-corrected chi connectivity index (χ2v) is 7.07. The molecule has 2 aromatic carbocycles. The average molecular weight is 431 g/mol. The van der Waals surface area contributed by atoms with Crippen molar-refractivity contribution in [2.24, 2.45) is 5.10 Å². The summed E-state index contributed by atoms with van der Waals surface area (Å²) >= 11 is 3.42. The molecule has 1 heterocycles. The molecular formula is C20H19BrN2O4. The lowest BCUT2D eigenvalue weighted by atomic mass is 9.98. The zero-order valence-electron chi connectivity index (χ0n) is 14.8. The lowest BCUT2D eigenvalue weighted by Crippen LogP contribution is -2.27. The molecule has 0 bridgehead atoms. The smallest absolute Gasteiger partial charge is 0.303 e. The van der Waals surface area contributed by atoms with Gasteiger partial charge in [-0.25, -0.2) is 5.01 Å². The summed E-state index contributed by atoms with van der Waals surface area (Å²) in [6.45, 7) is 0. The van der Waals surface area contributed by atoms with E-state index in [2.05, 4.69) is 21.0 Å². The highest BCUT2D eigenvalue weighted by atomic mass is 79.9. The molecule has 0 fully saturated rings. The number of amides is 1. The molecule has 1 atom stereocenters. The monoisotopic (exact) mass is 430 g/mol. The number of nitrogens with zero attached hydrogens (tertiary/aromatic N) is 2. The molecule has 0 aromatic heterocycles. The van der Waals surface area contributed by atoms with E-state index in [1.165, 1.54) is 5.01 Å². The van der Waals surface area contributed by atoms with Crippen molar-refractivity contribution in [3.05, 3.63) is 64.1 Å². The van der Waals surface area contributed by atoms with Gasteiger partial charge in [0.2, 0.25) is 5.91 Å². The molecule has 0 aliphatic carbocycles. The van der Waals surface area contributed by atoms with Crippen molar-refractivity contribution in [3.63, 3.8) is 0 Å². The molecule has 140 valence electrons. The number of carboxylic acid groups (broad SMARTS) is 1. The van der Waals surface area contributed by atoms with Crippen molar-refractivity contribution in [1.82, 2.24) is 5.01 Å². The van der Waals surface area contributed by atoms with Crippen molar-refractivity contribution in [2.75, 3.05) is 7.11 Å². The van der Waals surface area contributed by atoms with Crippen LogP contribution < -0.4 is 4.74 Å². The van der Waals surface area contributed by atoms with Crippen molar-refractivity contribution in [1.29, 1.82) is 0 Å². The number of para-hydroxylation sites is 1. The molecule has 0 unspecified atom stereocenters. The molecule has 27 heavy (non-hydrogen) atoms. The first-order valence-corrected chi connectivity index (χ1v) is 9.29. The second kappa shape index (κ2) is 8.35. The standard InChI is InChI=1S/C20H19BrN2O4/c1-27-18-5-3-2-4-15(18)16-12-17(13-6-8-14(21)9-7-13)23(22-16)19(24)10-11-20(25)26/h2-9,17H,10-12H2,1H3,(H,25,26)/t17-/m0/s1. The summed E-state index contributed by atoms with van der Waals surface area (Å²) in [5.41, 5.74) is 2.51. The quantitative estimate of drug-likeness (QED) is 0.750. The first-order valence-electron chi connectivity index (χ1n) is 8.49. The highest BCUT2D eigenvalue weighted by Crippen LogP contribution is 2.35. The van der Waals surface area contributed by atoms with Crippen molar-refractivity contribution < 1.29 is 19.4 Å². The minimum atomic E-state index is -1.00. The van der Waals surface area contributed by atoms with Crippen LogP contribution in [0.25, 0.3) is 0 Å². The van der Waals surface area contributed by atoms with Gasteiger partial charge in [-0.1, -0.05) is 40.2 Å². The fourth-order valence-corrected chi connectivity index (χ4v) is 3.32. The molecule has 1 aliphatic rings. The van der Waals surface area contributed by atoms with Crippen LogP contribution in [0.2, 0.25) is 0 Å². The van der Waals surface area contributed by atoms with Gasteiger partial charge in [0.1, 0.15) is 5.75 Å². The van der Waals surface area contributed by atoms with Gasteiger partial charge >= 0.3 is 5.97 Å². The molecule has 6 nitrogen and oxygen atoms in total. The van der Waals surface area contributed by atoms with Crippen LogP contribution in [0.5, 0.6) is 5.75 Å². The van der Waals surface area contributed by atoms with E-state index in [4.69, 9.17) is 9.84 Å². The summed E-state index contributed by atoms with van der Waals surface area (Å²) in [5.74, 6) is -0.627. The Morgan fingerprint density at radius 3 is 2.56 bits per heavy atom. The third-order valence-electron chi connectivity index (χ3n) is 4.39. The summed E-state index contributed by atoms with van der Waals surface area (Å²) < 4.78 is 6.36. The Morgan fingerprint density at radius 1 is 1.19 bits per heavy atom. The van der Waals surface area contributed by atoms with E-state index >= 15 is 0 Å². The summed E-state index contributed by atoms with van der Waals surface area (Å²) in [4.78, 5) is 23.5. The van der Waals surface area contributed by atoms with Crippen LogP contribution in [0.15, 0.2) is 58.1 Å². The van der Waals surface area contributed by atoms with E-state index in [0.717, 1.165) is 21.3 Å². The fraction of sp³-hybridized carbons (Fsp3) is 0.250. The Morgan fingerprint density at radius 2 is 1.89 bits per heavy atom. The lowest BCUT2D eigenvalue weighted by Gasteiger charge is -2.22. The van der Waals surface area contributed by atoms with Crippen LogP contribution in [0.3, 0.4) is 0 Å². The fourth-order valence-electron chi connectivity index (χ4n) is 3.06. The molecule has 7 heteroatoms. The first-order chi connectivity index (χ1) is 13.0. The highest BCUT2D eigenvalue weighted by molar-refractivity contribution is 9.10. The van der Waals surface area contributed by atoms with Crippen molar-refractivity contribution >= 4 is 33.5 Å². The molecule has 1 amide bonds. The maximum Gasteiger partial charge on any atom is 0.303 e. The number of ether oxygens (including phenoxy) is 1. The van der Waals surface area contributed by atoms with Gasteiger partial charge in [-0.15, -0.1) is 0 Å². The molecule has 1 aliphatic heterocycles. The van der Waals surface area contributed by atoms with Gasteiger partial charge in [0.15, 0.2) is 0 Å². The minimum Gasteiger partial charge on any atom is -0.496 e. The zero-order chi connectivity index (χ0) is 19.4. The predicted octanol–water partition coefficient (Wildman–Crippen LogP) is 4.00. The minimum absolute atomic E-state index is 0.0922.